The number of carbonyl (C=O) groups excluding carboxylic acids is 2. The lowest BCUT2D eigenvalue weighted by Crippen LogP contribution is -2.48. The molecule has 6 heteroatoms. The van der Waals surface area contributed by atoms with Gasteiger partial charge in [0.05, 0.1) is 5.92 Å². The van der Waals surface area contributed by atoms with Crippen LogP contribution < -0.4 is 10.6 Å². The fraction of sp³-hybridized carbons (Fsp3) is 0.882. The summed E-state index contributed by atoms with van der Waals surface area (Å²) in [6.07, 6.45) is 4.91. The molecule has 0 aromatic carbocycles. The fourth-order valence-electron chi connectivity index (χ4n) is 4.19. The van der Waals surface area contributed by atoms with Gasteiger partial charge in [0.25, 0.3) is 0 Å². The summed E-state index contributed by atoms with van der Waals surface area (Å²) in [4.78, 5) is 29.1. The average molecular weight is 322 g/mol. The van der Waals surface area contributed by atoms with E-state index in [2.05, 4.69) is 22.5 Å². The predicted octanol–water partition coefficient (Wildman–Crippen LogP) is 0.187. The molecule has 6 nitrogen and oxygen atoms in total. The number of amides is 2. The quantitative estimate of drug-likeness (QED) is 0.758. The van der Waals surface area contributed by atoms with Gasteiger partial charge in [0.2, 0.25) is 11.8 Å². The van der Waals surface area contributed by atoms with Gasteiger partial charge in [-0.05, 0) is 45.3 Å². The van der Waals surface area contributed by atoms with Crippen LogP contribution in [0.1, 0.15) is 39.0 Å². The maximum atomic E-state index is 12.4. The van der Waals surface area contributed by atoms with Crippen LogP contribution in [0, 0.1) is 5.92 Å². The summed E-state index contributed by atoms with van der Waals surface area (Å²) in [5.41, 5.74) is 0. The monoisotopic (exact) mass is 322 g/mol. The minimum atomic E-state index is -0.166. The van der Waals surface area contributed by atoms with Crippen molar-refractivity contribution in [3.63, 3.8) is 0 Å². The maximum absolute atomic E-state index is 12.4. The highest BCUT2D eigenvalue weighted by Gasteiger charge is 2.37. The van der Waals surface area contributed by atoms with E-state index in [1.165, 1.54) is 12.8 Å². The summed E-state index contributed by atoms with van der Waals surface area (Å²) in [5, 5.41) is 6.44. The lowest BCUT2D eigenvalue weighted by molar-refractivity contribution is -0.129. The molecule has 0 spiro atoms. The van der Waals surface area contributed by atoms with Crippen molar-refractivity contribution in [1.82, 2.24) is 20.4 Å². The summed E-state index contributed by atoms with van der Waals surface area (Å²) < 4.78 is 0. The van der Waals surface area contributed by atoms with E-state index in [-0.39, 0.29) is 23.8 Å². The van der Waals surface area contributed by atoms with Crippen LogP contribution in [0.25, 0.3) is 0 Å². The Morgan fingerprint density at radius 3 is 2.96 bits per heavy atom. The number of likely N-dealkylation sites (N-methyl/N-ethyl adjacent to an activating group) is 1. The fourth-order valence-corrected chi connectivity index (χ4v) is 4.19. The smallest absolute Gasteiger partial charge is 0.225 e. The van der Waals surface area contributed by atoms with Gasteiger partial charge in [-0.2, -0.15) is 0 Å². The minimum Gasteiger partial charge on any atom is -0.352 e. The normalized spacial score (nSPS) is 32.5. The van der Waals surface area contributed by atoms with Crippen LogP contribution in [0.15, 0.2) is 0 Å². The molecule has 3 rings (SSSR count). The van der Waals surface area contributed by atoms with Crippen molar-refractivity contribution < 1.29 is 9.59 Å². The van der Waals surface area contributed by atoms with Gasteiger partial charge >= 0.3 is 0 Å². The van der Waals surface area contributed by atoms with E-state index in [1.54, 1.807) is 0 Å². The predicted molar refractivity (Wildman–Crippen MR) is 89.0 cm³/mol. The molecule has 3 heterocycles. The molecule has 0 saturated carbocycles. The highest BCUT2D eigenvalue weighted by molar-refractivity contribution is 5.89. The van der Waals surface area contributed by atoms with Gasteiger partial charge in [0.15, 0.2) is 0 Å². The third-order valence-corrected chi connectivity index (χ3v) is 5.56. The molecule has 2 unspecified atom stereocenters. The first-order valence-electron chi connectivity index (χ1n) is 9.20. The van der Waals surface area contributed by atoms with Crippen molar-refractivity contribution in [3.05, 3.63) is 0 Å². The van der Waals surface area contributed by atoms with Crippen LogP contribution in [-0.2, 0) is 9.59 Å². The Kier molecular flexibility index (Phi) is 5.54. The van der Waals surface area contributed by atoms with Crippen LogP contribution in [0.3, 0.4) is 0 Å². The van der Waals surface area contributed by atoms with Gasteiger partial charge in [0.1, 0.15) is 0 Å². The number of carbonyl (C=O) groups is 2. The number of likely N-dealkylation sites (tertiary alicyclic amines) is 2. The Hall–Kier alpha value is -1.14. The lowest BCUT2D eigenvalue weighted by Gasteiger charge is -2.28. The molecule has 23 heavy (non-hydrogen) atoms. The van der Waals surface area contributed by atoms with Crippen molar-refractivity contribution in [2.24, 2.45) is 5.92 Å². The van der Waals surface area contributed by atoms with Crippen molar-refractivity contribution in [1.29, 1.82) is 0 Å². The van der Waals surface area contributed by atoms with Gasteiger partial charge in [-0.15, -0.1) is 0 Å². The molecule has 0 aliphatic carbocycles. The van der Waals surface area contributed by atoms with Gasteiger partial charge in [-0.25, -0.2) is 0 Å². The number of piperidine rings is 1. The highest BCUT2D eigenvalue weighted by Crippen LogP contribution is 2.23. The molecule has 3 saturated heterocycles. The second kappa shape index (κ2) is 7.62. The summed E-state index contributed by atoms with van der Waals surface area (Å²) in [6, 6.07) is 0.708. The topological polar surface area (TPSA) is 64.7 Å². The van der Waals surface area contributed by atoms with Gasteiger partial charge in [0, 0.05) is 38.1 Å². The minimum absolute atomic E-state index is 0.0633. The van der Waals surface area contributed by atoms with E-state index in [0.717, 1.165) is 45.6 Å². The van der Waals surface area contributed by atoms with E-state index in [4.69, 9.17) is 0 Å². The van der Waals surface area contributed by atoms with Crippen LogP contribution in [0.4, 0.5) is 0 Å². The number of nitrogens with one attached hydrogen (secondary N) is 2. The van der Waals surface area contributed by atoms with E-state index >= 15 is 0 Å². The highest BCUT2D eigenvalue weighted by atomic mass is 16.2. The summed E-state index contributed by atoms with van der Waals surface area (Å²) in [7, 11) is 0. The molecular weight excluding hydrogens is 292 g/mol. The Bertz CT molecular complexity index is 436. The largest absolute Gasteiger partial charge is 0.352 e. The van der Waals surface area contributed by atoms with E-state index in [9.17, 15) is 9.59 Å². The molecule has 2 amide bonds. The van der Waals surface area contributed by atoms with Crippen molar-refractivity contribution in [2.75, 3.05) is 39.3 Å². The van der Waals surface area contributed by atoms with Crippen molar-refractivity contribution >= 4 is 11.8 Å². The SMILES string of the molecule is CCN1CCCC1CN1CC(C(=O)N[C@H]2CCCNC2)CC1=O. The average Bonchev–Trinajstić information content (AvgIpc) is 3.15. The summed E-state index contributed by atoms with van der Waals surface area (Å²) >= 11 is 0. The number of hydrogen-bond acceptors (Lipinski definition) is 4. The third kappa shape index (κ3) is 4.04. The lowest BCUT2D eigenvalue weighted by atomic mass is 10.0. The molecule has 0 aromatic heterocycles. The maximum Gasteiger partial charge on any atom is 0.225 e. The van der Waals surface area contributed by atoms with Gasteiger partial charge < -0.3 is 15.5 Å². The van der Waals surface area contributed by atoms with E-state index in [1.807, 2.05) is 4.90 Å². The molecule has 3 atom stereocenters. The first-order valence-corrected chi connectivity index (χ1v) is 9.20. The van der Waals surface area contributed by atoms with Crippen molar-refractivity contribution in [2.45, 2.75) is 51.1 Å². The first-order chi connectivity index (χ1) is 11.2. The number of nitrogens with zero attached hydrogens (tertiary/aromatic N) is 2. The van der Waals surface area contributed by atoms with Crippen LogP contribution in [0.5, 0.6) is 0 Å². The molecule has 0 radical (unpaired) electrons. The van der Waals surface area contributed by atoms with Gasteiger partial charge in [-0.3, -0.25) is 14.5 Å². The zero-order chi connectivity index (χ0) is 16.2. The third-order valence-electron chi connectivity index (χ3n) is 5.56. The summed E-state index contributed by atoms with van der Waals surface area (Å²) in [6.45, 7) is 7.65. The molecule has 3 fully saturated rings. The molecule has 130 valence electrons. The Balaban J connectivity index is 1.49. The Morgan fingerprint density at radius 2 is 2.22 bits per heavy atom. The van der Waals surface area contributed by atoms with Crippen molar-refractivity contribution in [3.8, 4) is 0 Å². The zero-order valence-electron chi connectivity index (χ0n) is 14.2. The standard InChI is InChI=1S/C17H30N4O2/c1-2-20-8-4-6-15(20)12-21-11-13(9-16(21)22)17(23)19-14-5-3-7-18-10-14/h13-15,18H,2-12H2,1H3,(H,19,23)/t13?,14-,15?/m0/s1. The second-order valence-corrected chi connectivity index (χ2v) is 7.18. The second-order valence-electron chi connectivity index (χ2n) is 7.18. The van der Waals surface area contributed by atoms with Gasteiger partial charge in [-0.1, -0.05) is 6.92 Å². The molecule has 0 bridgehead atoms. The Labute approximate surface area is 139 Å². The van der Waals surface area contributed by atoms with E-state index < -0.39 is 0 Å². The molecule has 0 aromatic rings. The molecule has 2 N–H and O–H groups in total. The molecule has 3 aliphatic rings. The first kappa shape index (κ1) is 16.7. The zero-order valence-corrected chi connectivity index (χ0v) is 14.2. The Morgan fingerprint density at radius 1 is 1.35 bits per heavy atom. The van der Waals surface area contributed by atoms with Crippen LogP contribution in [-0.4, -0.2) is 73.0 Å². The van der Waals surface area contributed by atoms with E-state index in [0.29, 0.717) is 19.0 Å². The summed E-state index contributed by atoms with van der Waals surface area (Å²) in [5.74, 6) is 0.0455. The molecular formula is C17H30N4O2. The van der Waals surface area contributed by atoms with Crippen LogP contribution >= 0.6 is 0 Å². The van der Waals surface area contributed by atoms with Crippen LogP contribution in [0.2, 0.25) is 0 Å². The molecule has 3 aliphatic heterocycles. The number of hydrogen-bond donors (Lipinski definition) is 2. The number of rotatable bonds is 5.